The van der Waals surface area contributed by atoms with Crippen molar-refractivity contribution in [3.8, 4) is 0 Å². The molecule has 1 aromatic heterocycles. The zero-order valence-corrected chi connectivity index (χ0v) is 16.7. The van der Waals surface area contributed by atoms with Crippen molar-refractivity contribution in [3.63, 3.8) is 0 Å². The Morgan fingerprint density at radius 1 is 0.828 bits per heavy atom. The van der Waals surface area contributed by atoms with Crippen LogP contribution in [0.1, 0.15) is 36.3 Å². The minimum atomic E-state index is -0.387. The fourth-order valence-corrected chi connectivity index (χ4v) is 3.87. The highest BCUT2D eigenvalue weighted by Gasteiger charge is 2.35. The summed E-state index contributed by atoms with van der Waals surface area (Å²) < 4.78 is 14.2. The van der Waals surface area contributed by atoms with Gasteiger partial charge in [-0.1, -0.05) is 78.0 Å². The summed E-state index contributed by atoms with van der Waals surface area (Å²) in [6.45, 7) is 2.61. The van der Waals surface area contributed by atoms with Crippen LogP contribution in [0.5, 0.6) is 0 Å². The van der Waals surface area contributed by atoms with Gasteiger partial charge in [0.15, 0.2) is 6.23 Å². The number of benzene rings is 3. The van der Waals surface area contributed by atoms with Crippen LogP contribution in [0.25, 0.3) is 11.0 Å². The normalized spacial score (nSPS) is 14.6. The highest BCUT2D eigenvalue weighted by Crippen LogP contribution is 2.42. The Morgan fingerprint density at radius 2 is 1.45 bits per heavy atom. The molecule has 4 rings (SSSR count). The van der Waals surface area contributed by atoms with Gasteiger partial charge < -0.3 is 9.47 Å². The smallest absolute Gasteiger partial charge is 0.161 e. The molecule has 0 unspecified atom stereocenters. The number of nitrogens with zero attached hydrogens (tertiary/aromatic N) is 3. The average molecular weight is 387 g/mol. The van der Waals surface area contributed by atoms with E-state index in [2.05, 4.69) is 34.6 Å². The van der Waals surface area contributed by atoms with Crippen molar-refractivity contribution in [3.05, 3.63) is 96.1 Å². The van der Waals surface area contributed by atoms with Crippen LogP contribution in [0.4, 0.5) is 0 Å². The summed E-state index contributed by atoms with van der Waals surface area (Å²) >= 11 is 0. The molecular formula is C24H25N3O2. The molecular weight excluding hydrogens is 362 g/mol. The standard InChI is InChI=1S/C24H25N3O2/c1-3-29-23(19-14-8-5-9-15-19)22(18-12-6-4-7-13-18)24(28-2)27-21-17-11-10-16-20(21)25-26-27/h4-17,22-24H,3H2,1-2H3/t22-,23+,24+/m0/s1. The number of methoxy groups -OCH3 is 1. The van der Waals surface area contributed by atoms with E-state index in [-0.39, 0.29) is 18.2 Å². The van der Waals surface area contributed by atoms with Crippen LogP contribution in [-0.4, -0.2) is 28.7 Å². The van der Waals surface area contributed by atoms with Crippen molar-refractivity contribution in [1.29, 1.82) is 0 Å². The Kier molecular flexibility index (Phi) is 5.98. The first-order chi connectivity index (χ1) is 14.3. The van der Waals surface area contributed by atoms with Gasteiger partial charge in [0.1, 0.15) is 5.52 Å². The van der Waals surface area contributed by atoms with Crippen molar-refractivity contribution >= 4 is 11.0 Å². The molecule has 5 heteroatoms. The summed E-state index contributed by atoms with van der Waals surface area (Å²) in [5.74, 6) is -0.117. The molecule has 1 heterocycles. The largest absolute Gasteiger partial charge is 0.373 e. The lowest BCUT2D eigenvalue weighted by atomic mass is 9.87. The molecule has 29 heavy (non-hydrogen) atoms. The zero-order valence-electron chi connectivity index (χ0n) is 16.7. The first-order valence-electron chi connectivity index (χ1n) is 9.87. The first kappa shape index (κ1) is 19.3. The molecule has 0 saturated carbocycles. The number of hydrogen-bond acceptors (Lipinski definition) is 4. The third-order valence-corrected chi connectivity index (χ3v) is 5.15. The Bertz CT molecular complexity index is 1030. The molecule has 148 valence electrons. The second-order valence-electron chi connectivity index (χ2n) is 6.87. The molecule has 3 aromatic carbocycles. The van der Waals surface area contributed by atoms with Crippen LogP contribution in [-0.2, 0) is 9.47 Å². The molecule has 0 bridgehead atoms. The second-order valence-corrected chi connectivity index (χ2v) is 6.87. The highest BCUT2D eigenvalue weighted by molar-refractivity contribution is 5.74. The van der Waals surface area contributed by atoms with Gasteiger partial charge in [0.05, 0.1) is 17.5 Å². The predicted molar refractivity (Wildman–Crippen MR) is 114 cm³/mol. The van der Waals surface area contributed by atoms with E-state index in [1.165, 1.54) is 0 Å². The Balaban J connectivity index is 1.87. The van der Waals surface area contributed by atoms with E-state index in [1.54, 1.807) is 7.11 Å². The minimum Gasteiger partial charge on any atom is -0.373 e. The number of para-hydroxylation sites is 1. The predicted octanol–water partition coefficient (Wildman–Crippen LogP) is 5.14. The van der Waals surface area contributed by atoms with Crippen molar-refractivity contribution in [2.75, 3.05) is 13.7 Å². The molecule has 0 aliphatic carbocycles. The number of aromatic nitrogens is 3. The molecule has 0 amide bonds. The van der Waals surface area contributed by atoms with Crippen LogP contribution < -0.4 is 0 Å². The fraction of sp³-hybridized carbons (Fsp3) is 0.250. The maximum absolute atomic E-state index is 6.30. The molecule has 0 radical (unpaired) electrons. The summed E-state index contributed by atoms with van der Waals surface area (Å²) in [7, 11) is 1.71. The van der Waals surface area contributed by atoms with Gasteiger partial charge in [0.25, 0.3) is 0 Å². The molecule has 0 aliphatic heterocycles. The van der Waals surface area contributed by atoms with E-state index in [9.17, 15) is 0 Å². The van der Waals surface area contributed by atoms with Crippen molar-refractivity contribution < 1.29 is 9.47 Å². The topological polar surface area (TPSA) is 49.2 Å². The molecule has 0 aliphatic rings. The Morgan fingerprint density at radius 3 is 2.10 bits per heavy atom. The molecule has 0 N–H and O–H groups in total. The van der Waals surface area contributed by atoms with Crippen LogP contribution >= 0.6 is 0 Å². The summed E-state index contributed by atoms with van der Waals surface area (Å²) in [5, 5.41) is 8.77. The summed E-state index contributed by atoms with van der Waals surface area (Å²) in [4.78, 5) is 0. The minimum absolute atomic E-state index is 0.117. The lowest BCUT2D eigenvalue weighted by Crippen LogP contribution is -2.27. The van der Waals surface area contributed by atoms with Crippen molar-refractivity contribution in [2.45, 2.75) is 25.2 Å². The maximum Gasteiger partial charge on any atom is 0.161 e. The average Bonchev–Trinajstić information content (AvgIpc) is 3.21. The molecule has 4 aromatic rings. The molecule has 3 atom stereocenters. The number of rotatable bonds is 8. The van der Waals surface area contributed by atoms with Gasteiger partial charge in [-0.15, -0.1) is 5.10 Å². The van der Waals surface area contributed by atoms with Crippen LogP contribution in [0.2, 0.25) is 0 Å². The van der Waals surface area contributed by atoms with Gasteiger partial charge in [0.2, 0.25) is 0 Å². The summed E-state index contributed by atoms with van der Waals surface area (Å²) in [6, 6.07) is 28.6. The third kappa shape index (κ3) is 3.92. The van der Waals surface area contributed by atoms with E-state index < -0.39 is 0 Å². The maximum atomic E-state index is 6.30. The van der Waals surface area contributed by atoms with Gasteiger partial charge >= 0.3 is 0 Å². The van der Waals surface area contributed by atoms with Crippen LogP contribution in [0, 0.1) is 0 Å². The zero-order chi connectivity index (χ0) is 20.1. The van der Waals surface area contributed by atoms with Crippen LogP contribution in [0.3, 0.4) is 0 Å². The van der Waals surface area contributed by atoms with Crippen molar-refractivity contribution in [1.82, 2.24) is 15.0 Å². The van der Waals surface area contributed by atoms with E-state index in [1.807, 2.05) is 72.3 Å². The fourth-order valence-electron chi connectivity index (χ4n) is 3.87. The number of hydrogen-bond donors (Lipinski definition) is 0. The number of ether oxygens (including phenoxy) is 2. The third-order valence-electron chi connectivity index (χ3n) is 5.15. The lowest BCUT2D eigenvalue weighted by Gasteiger charge is -2.33. The molecule has 5 nitrogen and oxygen atoms in total. The van der Waals surface area contributed by atoms with Gasteiger partial charge in [0, 0.05) is 13.7 Å². The first-order valence-corrected chi connectivity index (χ1v) is 9.87. The van der Waals surface area contributed by atoms with E-state index in [4.69, 9.17) is 9.47 Å². The van der Waals surface area contributed by atoms with Crippen LogP contribution in [0.15, 0.2) is 84.9 Å². The summed E-state index contributed by atoms with van der Waals surface area (Å²) in [5.41, 5.74) is 4.01. The van der Waals surface area contributed by atoms with Gasteiger partial charge in [-0.25, -0.2) is 4.68 Å². The van der Waals surface area contributed by atoms with Gasteiger partial charge in [-0.3, -0.25) is 0 Å². The lowest BCUT2D eigenvalue weighted by molar-refractivity contribution is -0.0543. The Hall–Kier alpha value is -3.02. The second kappa shape index (κ2) is 8.99. The van der Waals surface area contributed by atoms with Crippen molar-refractivity contribution in [2.24, 2.45) is 0 Å². The van der Waals surface area contributed by atoms with E-state index >= 15 is 0 Å². The number of fused-ring (bicyclic) bond motifs is 1. The van der Waals surface area contributed by atoms with E-state index in [0.29, 0.717) is 6.61 Å². The quantitative estimate of drug-likeness (QED) is 0.420. The summed E-state index contributed by atoms with van der Waals surface area (Å²) in [6.07, 6.45) is -0.585. The molecule has 0 spiro atoms. The van der Waals surface area contributed by atoms with E-state index in [0.717, 1.165) is 22.2 Å². The molecule has 0 fully saturated rings. The monoisotopic (exact) mass is 387 g/mol. The Labute approximate surface area is 170 Å². The highest BCUT2D eigenvalue weighted by atomic mass is 16.5. The SMILES string of the molecule is CCO[C@H](c1ccccc1)[C@H](c1ccccc1)[C@@H](OC)n1nnc2ccccc21. The molecule has 0 saturated heterocycles. The van der Waals surface area contributed by atoms with Gasteiger partial charge in [-0.05, 0) is 30.2 Å². The van der Waals surface area contributed by atoms with Gasteiger partial charge in [-0.2, -0.15) is 0 Å².